The highest BCUT2D eigenvalue weighted by atomic mass is 32.2. The van der Waals surface area contributed by atoms with Crippen molar-refractivity contribution < 1.29 is 8.42 Å². The van der Waals surface area contributed by atoms with Crippen LogP contribution in [0, 0.1) is 5.92 Å². The molecule has 5 nitrogen and oxygen atoms in total. The average molecular weight is 422 g/mol. The number of hydrogen-bond donors (Lipinski definition) is 1. The van der Waals surface area contributed by atoms with Crippen LogP contribution in [0.25, 0.3) is 0 Å². The zero-order valence-corrected chi connectivity index (χ0v) is 19.0. The third-order valence-electron chi connectivity index (χ3n) is 6.89. The molecule has 0 spiro atoms. The van der Waals surface area contributed by atoms with Gasteiger partial charge in [-0.05, 0) is 82.6 Å². The first kappa shape index (κ1) is 22.7. The summed E-state index contributed by atoms with van der Waals surface area (Å²) in [5.74, 6) is 1.30. The van der Waals surface area contributed by atoms with Gasteiger partial charge >= 0.3 is 0 Å². The van der Waals surface area contributed by atoms with E-state index in [1.165, 1.54) is 37.9 Å². The van der Waals surface area contributed by atoms with E-state index in [9.17, 15) is 8.42 Å². The summed E-state index contributed by atoms with van der Waals surface area (Å²) < 4.78 is 26.1. The van der Waals surface area contributed by atoms with Gasteiger partial charge in [0.25, 0.3) is 0 Å². The van der Waals surface area contributed by atoms with Gasteiger partial charge in [-0.2, -0.15) is 0 Å². The molecule has 3 rings (SSSR count). The highest BCUT2D eigenvalue weighted by Crippen LogP contribution is 2.36. The molecule has 1 N–H and O–H groups in total. The van der Waals surface area contributed by atoms with Crippen LogP contribution in [0.3, 0.4) is 0 Å². The summed E-state index contributed by atoms with van der Waals surface area (Å²) in [6, 6.07) is 11.6. The minimum absolute atomic E-state index is 0.211. The lowest BCUT2D eigenvalue weighted by atomic mass is 9.78. The summed E-state index contributed by atoms with van der Waals surface area (Å²) in [5, 5.41) is 3.59. The summed E-state index contributed by atoms with van der Waals surface area (Å²) in [6.07, 6.45) is 5.61. The molecule has 2 fully saturated rings. The van der Waals surface area contributed by atoms with Crippen LogP contribution in [-0.2, 0) is 10.0 Å². The van der Waals surface area contributed by atoms with E-state index in [1.54, 1.807) is 11.2 Å². The molecular formula is C23H39N3O2S. The molecule has 164 valence electrons. The second-order valence-electron chi connectivity index (χ2n) is 8.62. The summed E-state index contributed by atoms with van der Waals surface area (Å²) in [7, 11) is -3.06. The highest BCUT2D eigenvalue weighted by Gasteiger charge is 2.32. The maximum absolute atomic E-state index is 12.2. The maximum Gasteiger partial charge on any atom is 0.213 e. The van der Waals surface area contributed by atoms with Gasteiger partial charge in [0.1, 0.15) is 0 Å². The molecule has 1 aromatic carbocycles. The molecule has 0 amide bonds. The molecular weight excluding hydrogens is 382 g/mol. The van der Waals surface area contributed by atoms with E-state index in [4.69, 9.17) is 0 Å². The molecule has 2 heterocycles. The molecule has 6 heteroatoms. The van der Waals surface area contributed by atoms with Crippen LogP contribution >= 0.6 is 0 Å². The first-order valence-electron chi connectivity index (χ1n) is 11.5. The Balaban J connectivity index is 1.58. The van der Waals surface area contributed by atoms with E-state index in [0.29, 0.717) is 31.0 Å². The summed E-state index contributed by atoms with van der Waals surface area (Å²) in [6.45, 7) is 9.87. The van der Waals surface area contributed by atoms with Crippen molar-refractivity contribution >= 4 is 10.0 Å². The van der Waals surface area contributed by atoms with Crippen LogP contribution in [0.5, 0.6) is 0 Å². The fraction of sp³-hybridized carbons (Fsp3) is 0.739. The molecule has 0 bridgehead atoms. The van der Waals surface area contributed by atoms with Crippen LogP contribution in [0.2, 0.25) is 0 Å². The number of piperidine rings is 2. The Kier molecular flexibility index (Phi) is 8.54. The molecule has 0 radical (unpaired) electrons. The number of likely N-dealkylation sites (tertiary alicyclic amines) is 1. The summed E-state index contributed by atoms with van der Waals surface area (Å²) >= 11 is 0. The van der Waals surface area contributed by atoms with Crippen molar-refractivity contribution in [1.82, 2.24) is 14.5 Å². The van der Waals surface area contributed by atoms with Gasteiger partial charge in [-0.1, -0.05) is 37.3 Å². The van der Waals surface area contributed by atoms with E-state index >= 15 is 0 Å². The Labute approximate surface area is 177 Å². The maximum atomic E-state index is 12.2. The van der Waals surface area contributed by atoms with Gasteiger partial charge in [0.15, 0.2) is 0 Å². The van der Waals surface area contributed by atoms with Gasteiger partial charge < -0.3 is 10.2 Å². The van der Waals surface area contributed by atoms with E-state index in [0.717, 1.165) is 25.9 Å². The number of benzene rings is 1. The third kappa shape index (κ3) is 6.27. The first-order chi connectivity index (χ1) is 14.0. The minimum atomic E-state index is -3.06. The number of hydrogen-bond acceptors (Lipinski definition) is 4. The van der Waals surface area contributed by atoms with Crippen LogP contribution in [-0.4, -0.2) is 68.7 Å². The van der Waals surface area contributed by atoms with Gasteiger partial charge in [-0.25, -0.2) is 12.7 Å². The smallest absolute Gasteiger partial charge is 0.213 e. The fourth-order valence-corrected chi connectivity index (χ4v) is 6.22. The van der Waals surface area contributed by atoms with E-state index in [2.05, 4.69) is 47.5 Å². The van der Waals surface area contributed by atoms with Gasteiger partial charge in [0.05, 0.1) is 5.75 Å². The van der Waals surface area contributed by atoms with Gasteiger partial charge in [-0.3, -0.25) is 0 Å². The van der Waals surface area contributed by atoms with Crippen molar-refractivity contribution in [2.24, 2.45) is 5.92 Å². The van der Waals surface area contributed by atoms with Crippen LogP contribution in [0.4, 0.5) is 0 Å². The second kappa shape index (κ2) is 10.9. The van der Waals surface area contributed by atoms with Crippen LogP contribution in [0.1, 0.15) is 57.4 Å². The number of rotatable bonds is 9. The van der Waals surface area contributed by atoms with E-state index < -0.39 is 10.0 Å². The van der Waals surface area contributed by atoms with Crippen LogP contribution in [0.15, 0.2) is 30.3 Å². The molecule has 0 aromatic heterocycles. The highest BCUT2D eigenvalue weighted by molar-refractivity contribution is 7.89. The van der Waals surface area contributed by atoms with Crippen molar-refractivity contribution in [1.29, 1.82) is 0 Å². The molecule has 29 heavy (non-hydrogen) atoms. The quantitative estimate of drug-likeness (QED) is 0.665. The third-order valence-corrected chi connectivity index (χ3v) is 8.77. The van der Waals surface area contributed by atoms with Gasteiger partial charge in [0, 0.05) is 19.1 Å². The molecule has 0 aliphatic carbocycles. The monoisotopic (exact) mass is 421 g/mol. The van der Waals surface area contributed by atoms with Crippen molar-refractivity contribution in [3.8, 4) is 0 Å². The van der Waals surface area contributed by atoms with E-state index in [-0.39, 0.29) is 5.75 Å². The Bertz CT molecular complexity index is 694. The van der Waals surface area contributed by atoms with Crippen LogP contribution < -0.4 is 5.32 Å². The number of sulfonamides is 1. The molecule has 1 aromatic rings. The van der Waals surface area contributed by atoms with Crippen molar-refractivity contribution in [2.45, 2.75) is 57.9 Å². The second-order valence-corrected chi connectivity index (χ2v) is 10.9. The Morgan fingerprint density at radius 3 is 2.24 bits per heavy atom. The fourth-order valence-electron chi connectivity index (χ4n) is 5.08. The molecule has 1 unspecified atom stereocenters. The largest absolute Gasteiger partial charge is 0.314 e. The molecule has 2 saturated heterocycles. The topological polar surface area (TPSA) is 52.6 Å². The lowest BCUT2D eigenvalue weighted by Gasteiger charge is -2.37. The number of nitrogens with one attached hydrogen (secondary N) is 1. The Morgan fingerprint density at radius 2 is 1.66 bits per heavy atom. The molecule has 2 aliphatic rings. The van der Waals surface area contributed by atoms with Gasteiger partial charge in [0.2, 0.25) is 10.0 Å². The summed E-state index contributed by atoms with van der Waals surface area (Å²) in [5.41, 5.74) is 1.42. The van der Waals surface area contributed by atoms with Gasteiger partial charge in [-0.15, -0.1) is 0 Å². The first-order valence-corrected chi connectivity index (χ1v) is 13.1. The molecule has 2 aliphatic heterocycles. The minimum Gasteiger partial charge on any atom is -0.314 e. The lowest BCUT2D eigenvalue weighted by molar-refractivity contribution is 0.176. The predicted octanol–water partition coefficient (Wildman–Crippen LogP) is 3.30. The standard InChI is InChI=1S/C23H39N3O2S/c1-3-24-22-12-15-25(16-13-22)17-14-23(20-8-6-5-7-9-20)21-10-18-26(19-11-21)29(27,28)4-2/h5-9,21-24H,3-4,10-19H2,1-2H3. The van der Waals surface area contributed by atoms with Crippen molar-refractivity contribution in [2.75, 3.05) is 45.0 Å². The predicted molar refractivity (Wildman–Crippen MR) is 121 cm³/mol. The Morgan fingerprint density at radius 1 is 1.00 bits per heavy atom. The Hall–Kier alpha value is -0.950. The van der Waals surface area contributed by atoms with Crippen molar-refractivity contribution in [3.63, 3.8) is 0 Å². The zero-order valence-electron chi connectivity index (χ0n) is 18.2. The summed E-state index contributed by atoms with van der Waals surface area (Å²) in [4.78, 5) is 2.63. The normalized spacial score (nSPS) is 22.0. The van der Waals surface area contributed by atoms with Crippen molar-refractivity contribution in [3.05, 3.63) is 35.9 Å². The number of nitrogens with zero attached hydrogens (tertiary/aromatic N) is 2. The zero-order chi connectivity index (χ0) is 20.7. The molecule has 1 atom stereocenters. The van der Waals surface area contributed by atoms with E-state index in [1.807, 2.05) is 0 Å². The lowest BCUT2D eigenvalue weighted by Crippen LogP contribution is -2.43. The molecule has 0 saturated carbocycles. The average Bonchev–Trinajstić information content (AvgIpc) is 2.76. The SMILES string of the molecule is CCNC1CCN(CCC(c2ccccc2)C2CCN(S(=O)(=O)CC)CC2)CC1.